The average molecular weight is 223 g/mol. The Hall–Kier alpha value is -0.870. The van der Waals surface area contributed by atoms with Crippen LogP contribution in [0.1, 0.15) is 44.5 Å². The topological polar surface area (TPSA) is 50.1 Å². The summed E-state index contributed by atoms with van der Waals surface area (Å²) in [7, 11) is 0. The van der Waals surface area contributed by atoms with Gasteiger partial charge in [0.2, 0.25) is 0 Å². The van der Waals surface area contributed by atoms with Crippen LogP contribution in [0.15, 0.2) is 12.3 Å². The number of aliphatic hydroxyl groups is 1. The van der Waals surface area contributed by atoms with Gasteiger partial charge in [0.05, 0.1) is 11.8 Å². The number of rotatable bonds is 3. The Morgan fingerprint density at radius 3 is 2.75 bits per heavy atom. The first-order valence-corrected chi connectivity index (χ1v) is 6.12. The molecule has 1 aromatic rings. The van der Waals surface area contributed by atoms with Gasteiger partial charge in [-0.3, -0.25) is 4.68 Å². The van der Waals surface area contributed by atoms with E-state index in [1.54, 1.807) is 6.20 Å². The Labute approximate surface area is 96.7 Å². The van der Waals surface area contributed by atoms with Crippen molar-refractivity contribution < 1.29 is 5.11 Å². The van der Waals surface area contributed by atoms with Crippen LogP contribution in [0, 0.1) is 5.92 Å². The molecule has 2 rings (SSSR count). The summed E-state index contributed by atoms with van der Waals surface area (Å²) < 4.78 is 1.92. The molecule has 1 fully saturated rings. The molecule has 1 aliphatic heterocycles. The number of hydrogen-bond acceptors (Lipinski definition) is 3. The number of nitrogens with one attached hydrogen (secondary N) is 1. The van der Waals surface area contributed by atoms with E-state index in [4.69, 9.17) is 0 Å². The number of aromatic nitrogens is 2. The maximum absolute atomic E-state index is 10.4. The molecule has 90 valence electrons. The van der Waals surface area contributed by atoms with E-state index in [-0.39, 0.29) is 6.10 Å². The van der Waals surface area contributed by atoms with Crippen LogP contribution in [-0.2, 0) is 0 Å². The zero-order valence-electron chi connectivity index (χ0n) is 10.1. The standard InChI is InChI=1S/C12H21N3O/c1-9(2)15-11(5-8-14-15)12(16)10-3-6-13-7-4-10/h5,8-10,12-13,16H,3-4,6-7H2,1-2H3. The second-order valence-corrected chi connectivity index (χ2v) is 4.83. The molecular weight excluding hydrogens is 202 g/mol. The molecule has 16 heavy (non-hydrogen) atoms. The molecular formula is C12H21N3O. The van der Waals surface area contributed by atoms with Crippen molar-refractivity contribution in [2.45, 2.75) is 38.8 Å². The van der Waals surface area contributed by atoms with Gasteiger partial charge in [-0.15, -0.1) is 0 Å². The monoisotopic (exact) mass is 223 g/mol. The molecule has 2 N–H and O–H groups in total. The highest BCUT2D eigenvalue weighted by Gasteiger charge is 2.25. The lowest BCUT2D eigenvalue weighted by molar-refractivity contribution is 0.0795. The lowest BCUT2D eigenvalue weighted by Gasteiger charge is -2.28. The summed E-state index contributed by atoms with van der Waals surface area (Å²) in [6.07, 6.45) is 3.50. The minimum Gasteiger partial charge on any atom is -0.387 e. The smallest absolute Gasteiger partial charge is 0.0985 e. The quantitative estimate of drug-likeness (QED) is 0.816. The SMILES string of the molecule is CC(C)n1nccc1C(O)C1CCNCC1. The van der Waals surface area contributed by atoms with Crippen molar-refractivity contribution in [3.8, 4) is 0 Å². The van der Waals surface area contributed by atoms with Gasteiger partial charge in [0.15, 0.2) is 0 Å². The van der Waals surface area contributed by atoms with Crippen molar-refractivity contribution in [1.29, 1.82) is 0 Å². The average Bonchev–Trinajstić information content (AvgIpc) is 2.78. The summed E-state index contributed by atoms with van der Waals surface area (Å²) in [4.78, 5) is 0. The van der Waals surface area contributed by atoms with Crippen LogP contribution in [0.3, 0.4) is 0 Å². The summed E-state index contributed by atoms with van der Waals surface area (Å²) in [5.74, 6) is 0.371. The highest BCUT2D eigenvalue weighted by molar-refractivity contribution is 5.07. The molecule has 4 nitrogen and oxygen atoms in total. The van der Waals surface area contributed by atoms with E-state index in [0.29, 0.717) is 12.0 Å². The van der Waals surface area contributed by atoms with Gasteiger partial charge in [0.1, 0.15) is 0 Å². The van der Waals surface area contributed by atoms with E-state index in [1.807, 2.05) is 10.7 Å². The Kier molecular flexibility index (Phi) is 3.61. The van der Waals surface area contributed by atoms with Crippen molar-refractivity contribution in [1.82, 2.24) is 15.1 Å². The Morgan fingerprint density at radius 2 is 2.12 bits per heavy atom. The highest BCUT2D eigenvalue weighted by atomic mass is 16.3. The van der Waals surface area contributed by atoms with Gasteiger partial charge < -0.3 is 10.4 Å². The van der Waals surface area contributed by atoms with E-state index < -0.39 is 0 Å². The van der Waals surface area contributed by atoms with E-state index in [0.717, 1.165) is 31.6 Å². The van der Waals surface area contributed by atoms with E-state index in [2.05, 4.69) is 24.3 Å². The van der Waals surface area contributed by atoms with Gasteiger partial charge in [-0.2, -0.15) is 5.10 Å². The number of hydrogen-bond donors (Lipinski definition) is 2. The summed E-state index contributed by atoms with van der Waals surface area (Å²) in [6.45, 7) is 6.20. The fourth-order valence-corrected chi connectivity index (χ4v) is 2.39. The number of piperidine rings is 1. The predicted octanol–water partition coefficient (Wildman–Crippen LogP) is 1.50. The molecule has 4 heteroatoms. The van der Waals surface area contributed by atoms with Crippen LogP contribution < -0.4 is 5.32 Å². The zero-order chi connectivity index (χ0) is 11.5. The van der Waals surface area contributed by atoms with E-state index in [1.165, 1.54) is 0 Å². The zero-order valence-corrected chi connectivity index (χ0v) is 10.1. The molecule has 0 amide bonds. The third-order valence-corrected chi connectivity index (χ3v) is 3.32. The molecule has 1 aromatic heterocycles. The number of aliphatic hydroxyl groups excluding tert-OH is 1. The normalized spacial score (nSPS) is 20.2. The lowest BCUT2D eigenvalue weighted by atomic mass is 9.90. The van der Waals surface area contributed by atoms with E-state index in [9.17, 15) is 5.11 Å². The van der Waals surface area contributed by atoms with Crippen LogP contribution >= 0.6 is 0 Å². The molecule has 0 spiro atoms. The number of nitrogens with zero attached hydrogens (tertiary/aromatic N) is 2. The van der Waals surface area contributed by atoms with Crippen molar-refractivity contribution in [3.63, 3.8) is 0 Å². The molecule has 0 saturated carbocycles. The van der Waals surface area contributed by atoms with Gasteiger partial charge in [0.25, 0.3) is 0 Å². The van der Waals surface area contributed by atoms with Crippen molar-refractivity contribution in [2.75, 3.05) is 13.1 Å². The first kappa shape index (κ1) is 11.6. The van der Waals surface area contributed by atoms with Crippen LogP contribution in [0.25, 0.3) is 0 Å². The maximum atomic E-state index is 10.4. The van der Waals surface area contributed by atoms with Gasteiger partial charge in [-0.05, 0) is 51.8 Å². The second-order valence-electron chi connectivity index (χ2n) is 4.83. The summed E-state index contributed by atoms with van der Waals surface area (Å²) in [6, 6.07) is 2.24. The minimum atomic E-state index is -0.369. The fourth-order valence-electron chi connectivity index (χ4n) is 2.39. The lowest BCUT2D eigenvalue weighted by Crippen LogP contribution is -2.31. The Bertz CT molecular complexity index is 329. The molecule has 1 aliphatic rings. The van der Waals surface area contributed by atoms with Crippen LogP contribution in [0.4, 0.5) is 0 Å². The highest BCUT2D eigenvalue weighted by Crippen LogP contribution is 2.29. The summed E-state index contributed by atoms with van der Waals surface area (Å²) in [5, 5.41) is 18.0. The van der Waals surface area contributed by atoms with Gasteiger partial charge in [-0.1, -0.05) is 0 Å². The Morgan fingerprint density at radius 1 is 1.44 bits per heavy atom. The molecule has 1 unspecified atom stereocenters. The minimum absolute atomic E-state index is 0.307. The third-order valence-electron chi connectivity index (χ3n) is 3.32. The molecule has 0 bridgehead atoms. The van der Waals surface area contributed by atoms with Crippen LogP contribution in [0.2, 0.25) is 0 Å². The molecule has 0 aromatic carbocycles. The summed E-state index contributed by atoms with van der Waals surface area (Å²) in [5.41, 5.74) is 0.960. The van der Waals surface area contributed by atoms with Crippen LogP contribution in [-0.4, -0.2) is 28.0 Å². The molecule has 0 radical (unpaired) electrons. The largest absolute Gasteiger partial charge is 0.387 e. The van der Waals surface area contributed by atoms with Crippen molar-refractivity contribution >= 4 is 0 Å². The second kappa shape index (κ2) is 4.97. The predicted molar refractivity (Wildman–Crippen MR) is 63.2 cm³/mol. The molecule has 0 aliphatic carbocycles. The molecule has 1 saturated heterocycles. The molecule has 2 heterocycles. The summed E-state index contributed by atoms with van der Waals surface area (Å²) >= 11 is 0. The first-order chi connectivity index (χ1) is 7.70. The van der Waals surface area contributed by atoms with Gasteiger partial charge in [0, 0.05) is 12.2 Å². The van der Waals surface area contributed by atoms with Crippen molar-refractivity contribution in [2.24, 2.45) is 5.92 Å². The van der Waals surface area contributed by atoms with Gasteiger partial charge in [-0.25, -0.2) is 0 Å². The third kappa shape index (κ3) is 2.28. The Balaban J connectivity index is 2.12. The maximum Gasteiger partial charge on any atom is 0.0985 e. The molecule has 1 atom stereocenters. The van der Waals surface area contributed by atoms with Gasteiger partial charge >= 0.3 is 0 Å². The van der Waals surface area contributed by atoms with Crippen LogP contribution in [0.5, 0.6) is 0 Å². The fraction of sp³-hybridized carbons (Fsp3) is 0.750. The van der Waals surface area contributed by atoms with E-state index >= 15 is 0 Å². The van der Waals surface area contributed by atoms with Crippen molar-refractivity contribution in [3.05, 3.63) is 18.0 Å². The first-order valence-electron chi connectivity index (χ1n) is 6.12.